The molecule has 0 saturated carbocycles. The van der Waals surface area contributed by atoms with Crippen LogP contribution in [0.15, 0.2) is 18.2 Å². The Kier molecular flexibility index (Phi) is 8.75. The Morgan fingerprint density at radius 3 is 2.16 bits per heavy atom. The van der Waals surface area contributed by atoms with Crippen LogP contribution >= 0.6 is 0 Å². The van der Waals surface area contributed by atoms with Crippen LogP contribution in [-0.2, 0) is 14.3 Å². The van der Waals surface area contributed by atoms with Gasteiger partial charge >= 0.3 is 0 Å². The summed E-state index contributed by atoms with van der Waals surface area (Å²) in [5.41, 5.74) is 0.810. The van der Waals surface area contributed by atoms with E-state index in [0.717, 1.165) is 5.56 Å². The Morgan fingerprint density at radius 1 is 0.875 bits per heavy atom. The predicted molar refractivity (Wildman–Crippen MR) is 120 cm³/mol. The highest BCUT2D eigenvalue weighted by Crippen LogP contribution is 2.40. The van der Waals surface area contributed by atoms with Crippen LogP contribution in [0.25, 0.3) is 6.08 Å². The Morgan fingerprint density at radius 2 is 1.53 bits per heavy atom. The van der Waals surface area contributed by atoms with Gasteiger partial charge in [-0.1, -0.05) is 12.2 Å². The molecule has 176 valence electrons. The lowest BCUT2D eigenvalue weighted by Gasteiger charge is -2.36. The van der Waals surface area contributed by atoms with Crippen molar-refractivity contribution in [1.82, 2.24) is 14.7 Å². The summed E-state index contributed by atoms with van der Waals surface area (Å²) >= 11 is 0. The molecule has 0 aromatic heterocycles. The van der Waals surface area contributed by atoms with Crippen LogP contribution in [0.3, 0.4) is 0 Å². The lowest BCUT2D eigenvalue weighted by molar-refractivity contribution is -0.137. The van der Waals surface area contributed by atoms with Gasteiger partial charge in [0.25, 0.3) is 0 Å². The number of ether oxygens (including phenoxy) is 4. The molecule has 2 saturated heterocycles. The minimum absolute atomic E-state index is 0.0693. The van der Waals surface area contributed by atoms with E-state index in [1.165, 1.54) is 0 Å². The number of rotatable bonds is 8. The standard InChI is InChI=1S/C23H33N3O6/c1-29-19-8-7-18(22(30-2)23(19)31-3)5-4-6-20(27)25-11-9-24(10-12-25)17-21(28)26-13-15-32-16-14-26/h4-5,7-8H,6,9-17H2,1-3H3/b5-4+. The monoisotopic (exact) mass is 447 g/mol. The molecule has 0 spiro atoms. The van der Waals surface area contributed by atoms with Gasteiger partial charge in [0, 0.05) is 51.3 Å². The first kappa shape index (κ1) is 23.9. The van der Waals surface area contributed by atoms with Crippen molar-refractivity contribution in [2.24, 2.45) is 0 Å². The first-order chi connectivity index (χ1) is 15.6. The second-order valence-electron chi connectivity index (χ2n) is 7.68. The molecule has 2 amide bonds. The summed E-state index contributed by atoms with van der Waals surface area (Å²) in [6.45, 7) is 5.60. The normalized spacial score (nSPS) is 17.5. The molecular weight excluding hydrogens is 414 g/mol. The summed E-state index contributed by atoms with van der Waals surface area (Å²) in [6.07, 6.45) is 3.99. The van der Waals surface area contributed by atoms with Gasteiger partial charge in [0.05, 0.1) is 41.1 Å². The van der Waals surface area contributed by atoms with E-state index in [1.807, 2.05) is 28.0 Å². The van der Waals surface area contributed by atoms with Crippen molar-refractivity contribution in [1.29, 1.82) is 0 Å². The van der Waals surface area contributed by atoms with Gasteiger partial charge in [-0.05, 0) is 12.1 Å². The van der Waals surface area contributed by atoms with Crippen molar-refractivity contribution in [2.75, 3.05) is 80.4 Å². The number of methoxy groups -OCH3 is 3. The number of carbonyl (C=O) groups is 2. The van der Waals surface area contributed by atoms with E-state index < -0.39 is 0 Å². The van der Waals surface area contributed by atoms with Crippen molar-refractivity contribution in [3.8, 4) is 17.2 Å². The van der Waals surface area contributed by atoms with E-state index in [4.69, 9.17) is 18.9 Å². The molecule has 2 aliphatic rings. The van der Waals surface area contributed by atoms with E-state index >= 15 is 0 Å². The third kappa shape index (κ3) is 5.92. The quantitative estimate of drug-likeness (QED) is 0.591. The molecule has 0 atom stereocenters. The number of nitrogens with zero attached hydrogens (tertiary/aromatic N) is 3. The van der Waals surface area contributed by atoms with Gasteiger partial charge in [0.1, 0.15) is 0 Å². The van der Waals surface area contributed by atoms with Crippen LogP contribution in [0.1, 0.15) is 12.0 Å². The van der Waals surface area contributed by atoms with Crippen LogP contribution in [0.5, 0.6) is 17.2 Å². The molecule has 32 heavy (non-hydrogen) atoms. The molecule has 2 fully saturated rings. The highest BCUT2D eigenvalue weighted by atomic mass is 16.5. The molecule has 2 aliphatic heterocycles. The van der Waals surface area contributed by atoms with Crippen LogP contribution in [0.4, 0.5) is 0 Å². The summed E-state index contributed by atoms with van der Waals surface area (Å²) in [5.74, 6) is 1.88. The zero-order chi connectivity index (χ0) is 22.9. The highest BCUT2D eigenvalue weighted by Gasteiger charge is 2.24. The third-order valence-electron chi connectivity index (χ3n) is 5.77. The maximum absolute atomic E-state index is 12.6. The molecule has 9 nitrogen and oxygen atoms in total. The average molecular weight is 448 g/mol. The fourth-order valence-corrected chi connectivity index (χ4v) is 3.93. The van der Waals surface area contributed by atoms with Crippen molar-refractivity contribution < 1.29 is 28.5 Å². The van der Waals surface area contributed by atoms with Crippen molar-refractivity contribution >= 4 is 17.9 Å². The topological polar surface area (TPSA) is 80.8 Å². The molecule has 0 bridgehead atoms. The molecule has 0 radical (unpaired) electrons. The first-order valence-electron chi connectivity index (χ1n) is 10.9. The summed E-state index contributed by atoms with van der Waals surface area (Å²) in [7, 11) is 4.71. The summed E-state index contributed by atoms with van der Waals surface area (Å²) < 4.78 is 21.5. The third-order valence-corrected chi connectivity index (χ3v) is 5.77. The van der Waals surface area contributed by atoms with Gasteiger partial charge in [0.15, 0.2) is 11.5 Å². The lowest BCUT2D eigenvalue weighted by Crippen LogP contribution is -2.52. The van der Waals surface area contributed by atoms with Gasteiger partial charge in [-0.15, -0.1) is 0 Å². The number of hydrogen-bond acceptors (Lipinski definition) is 7. The zero-order valence-electron chi connectivity index (χ0n) is 19.2. The minimum atomic E-state index is 0.0693. The molecular formula is C23H33N3O6. The zero-order valence-corrected chi connectivity index (χ0v) is 19.2. The number of amides is 2. The number of hydrogen-bond donors (Lipinski definition) is 0. The summed E-state index contributed by atoms with van der Waals surface area (Å²) in [6, 6.07) is 3.67. The minimum Gasteiger partial charge on any atom is -0.493 e. The van der Waals surface area contributed by atoms with Gasteiger partial charge in [-0.2, -0.15) is 0 Å². The maximum Gasteiger partial charge on any atom is 0.236 e. The van der Waals surface area contributed by atoms with Crippen molar-refractivity contribution in [2.45, 2.75) is 6.42 Å². The van der Waals surface area contributed by atoms with Gasteiger partial charge in [-0.25, -0.2) is 0 Å². The lowest BCUT2D eigenvalue weighted by atomic mass is 10.1. The number of morpholine rings is 1. The molecule has 2 heterocycles. The fraction of sp³-hybridized carbons (Fsp3) is 0.565. The summed E-state index contributed by atoms with van der Waals surface area (Å²) in [5, 5.41) is 0. The van der Waals surface area contributed by atoms with Gasteiger partial charge in [-0.3, -0.25) is 14.5 Å². The number of carbonyl (C=O) groups excluding carboxylic acids is 2. The van der Waals surface area contributed by atoms with E-state index in [-0.39, 0.29) is 11.8 Å². The predicted octanol–water partition coefficient (Wildman–Crippen LogP) is 1.12. The second kappa shape index (κ2) is 11.7. The average Bonchev–Trinajstić information content (AvgIpc) is 2.84. The van der Waals surface area contributed by atoms with Crippen LogP contribution < -0.4 is 14.2 Å². The fourth-order valence-electron chi connectivity index (χ4n) is 3.93. The van der Waals surface area contributed by atoms with E-state index in [1.54, 1.807) is 27.4 Å². The molecule has 0 unspecified atom stereocenters. The van der Waals surface area contributed by atoms with E-state index in [2.05, 4.69) is 4.90 Å². The smallest absolute Gasteiger partial charge is 0.236 e. The SMILES string of the molecule is COc1ccc(/C=C/CC(=O)N2CCN(CC(=O)N3CCOCC3)CC2)c(OC)c1OC. The second-order valence-corrected chi connectivity index (χ2v) is 7.68. The summed E-state index contributed by atoms with van der Waals surface area (Å²) in [4.78, 5) is 30.9. The first-order valence-corrected chi connectivity index (χ1v) is 10.9. The largest absolute Gasteiger partial charge is 0.493 e. The van der Waals surface area contributed by atoms with Gasteiger partial charge in [0.2, 0.25) is 17.6 Å². The van der Waals surface area contributed by atoms with Crippen molar-refractivity contribution in [3.05, 3.63) is 23.8 Å². The molecule has 9 heteroatoms. The van der Waals surface area contributed by atoms with E-state index in [0.29, 0.717) is 82.7 Å². The molecule has 1 aromatic rings. The van der Waals surface area contributed by atoms with E-state index in [9.17, 15) is 9.59 Å². The molecule has 0 aliphatic carbocycles. The Balaban J connectivity index is 1.48. The van der Waals surface area contributed by atoms with Crippen molar-refractivity contribution in [3.63, 3.8) is 0 Å². The highest BCUT2D eigenvalue weighted by molar-refractivity contribution is 5.80. The van der Waals surface area contributed by atoms with Gasteiger partial charge < -0.3 is 28.7 Å². The Hall–Kier alpha value is -2.78. The molecule has 0 N–H and O–H groups in total. The molecule has 1 aromatic carbocycles. The van der Waals surface area contributed by atoms with Crippen LogP contribution in [0, 0.1) is 0 Å². The van der Waals surface area contributed by atoms with Crippen LogP contribution in [0.2, 0.25) is 0 Å². The number of benzene rings is 1. The Bertz CT molecular complexity index is 814. The Labute approximate surface area is 189 Å². The number of piperazine rings is 1. The molecule has 3 rings (SSSR count). The maximum atomic E-state index is 12.6. The van der Waals surface area contributed by atoms with Crippen LogP contribution in [-0.4, -0.2) is 107 Å².